The van der Waals surface area contributed by atoms with Crippen molar-refractivity contribution in [1.29, 1.82) is 0 Å². The van der Waals surface area contributed by atoms with Crippen LogP contribution in [0.2, 0.25) is 0 Å². The fourth-order valence-corrected chi connectivity index (χ4v) is 5.15. The molecule has 0 saturated heterocycles. The number of benzene rings is 1. The summed E-state index contributed by atoms with van der Waals surface area (Å²) in [5.41, 5.74) is 0.643. The number of carboxylic acid groups (broad SMARTS) is 1. The van der Waals surface area contributed by atoms with Crippen molar-refractivity contribution >= 4 is 13.7 Å². The predicted molar refractivity (Wildman–Crippen MR) is 149 cm³/mol. The maximum absolute atomic E-state index is 12.1. The fourth-order valence-electron chi connectivity index (χ4n) is 4.11. The molecule has 0 bridgehead atoms. The summed E-state index contributed by atoms with van der Waals surface area (Å²) in [6.07, 6.45) is 16.9. The summed E-state index contributed by atoms with van der Waals surface area (Å²) in [5, 5.41) is 29.5. The van der Waals surface area contributed by atoms with Crippen LogP contribution in [0.4, 0.5) is 0 Å². The number of aliphatic hydroxyl groups is 2. The van der Waals surface area contributed by atoms with Gasteiger partial charge in [0.05, 0.1) is 19.8 Å². The number of ether oxygens (including phenoxy) is 1. The molecule has 1 aromatic carbocycles. The molecule has 220 valence electrons. The molecule has 0 spiro atoms. The van der Waals surface area contributed by atoms with E-state index < -0.39 is 39.1 Å². The van der Waals surface area contributed by atoms with E-state index in [0.29, 0.717) is 17.9 Å². The number of aliphatic carboxylic acids is 1. The molecular weight excluding hydrogens is 509 g/mol. The Hall–Kier alpha value is -1.48. The van der Waals surface area contributed by atoms with Gasteiger partial charge in [0.15, 0.2) is 0 Å². The SMILES string of the molecule is CCCCCCCCCCCCCCCCOc1ccc(C[C@H](NP(=O)(O)OC[C@H](O)CO)C(=O)O)cc1. The van der Waals surface area contributed by atoms with Crippen molar-refractivity contribution < 1.29 is 38.8 Å². The quantitative estimate of drug-likeness (QED) is 0.0763. The van der Waals surface area contributed by atoms with Crippen LogP contribution < -0.4 is 9.82 Å². The maximum atomic E-state index is 12.1. The minimum Gasteiger partial charge on any atom is -0.494 e. The highest BCUT2D eigenvalue weighted by atomic mass is 31.2. The second-order valence-electron chi connectivity index (χ2n) is 9.97. The zero-order chi connectivity index (χ0) is 28.1. The number of nitrogens with one attached hydrogen (secondary N) is 1. The molecule has 9 nitrogen and oxygen atoms in total. The van der Waals surface area contributed by atoms with Crippen LogP contribution in [0.25, 0.3) is 0 Å². The maximum Gasteiger partial charge on any atom is 0.403 e. The lowest BCUT2D eigenvalue weighted by Crippen LogP contribution is -2.37. The van der Waals surface area contributed by atoms with Gasteiger partial charge in [-0.3, -0.25) is 9.32 Å². The monoisotopic (exact) mass is 559 g/mol. The molecule has 0 amide bonds. The molecule has 38 heavy (non-hydrogen) atoms. The predicted octanol–water partition coefficient (Wildman–Crippen LogP) is 5.60. The van der Waals surface area contributed by atoms with E-state index in [0.717, 1.165) is 12.8 Å². The van der Waals surface area contributed by atoms with Crippen molar-refractivity contribution in [3.63, 3.8) is 0 Å². The summed E-state index contributed by atoms with van der Waals surface area (Å²) in [4.78, 5) is 21.4. The van der Waals surface area contributed by atoms with Gasteiger partial charge in [-0.05, 0) is 30.5 Å². The van der Waals surface area contributed by atoms with Gasteiger partial charge in [0, 0.05) is 0 Å². The minimum absolute atomic E-state index is 0.0506. The molecule has 3 atom stereocenters. The molecule has 1 rings (SSSR count). The van der Waals surface area contributed by atoms with Crippen LogP contribution in [-0.4, -0.2) is 58.1 Å². The third kappa shape index (κ3) is 17.9. The lowest BCUT2D eigenvalue weighted by atomic mass is 10.0. The number of carboxylic acids is 1. The Morgan fingerprint density at radius 3 is 1.87 bits per heavy atom. The first-order chi connectivity index (χ1) is 18.3. The van der Waals surface area contributed by atoms with Crippen LogP contribution in [-0.2, 0) is 20.3 Å². The van der Waals surface area contributed by atoms with Crippen LogP contribution >= 0.6 is 7.75 Å². The van der Waals surface area contributed by atoms with E-state index in [-0.39, 0.29) is 6.42 Å². The third-order valence-corrected chi connectivity index (χ3v) is 7.54. The molecule has 0 heterocycles. The van der Waals surface area contributed by atoms with E-state index in [2.05, 4.69) is 16.5 Å². The van der Waals surface area contributed by atoms with Crippen molar-refractivity contribution in [3.8, 4) is 5.75 Å². The first-order valence-corrected chi connectivity index (χ1v) is 15.8. The molecule has 0 aliphatic rings. The Labute approximate surface area is 228 Å². The second-order valence-corrected chi connectivity index (χ2v) is 11.5. The highest BCUT2D eigenvalue weighted by Gasteiger charge is 2.29. The summed E-state index contributed by atoms with van der Waals surface area (Å²) < 4.78 is 22.5. The van der Waals surface area contributed by atoms with Crippen LogP contribution in [0.1, 0.15) is 102 Å². The van der Waals surface area contributed by atoms with E-state index in [1.54, 1.807) is 24.3 Å². The summed E-state index contributed by atoms with van der Waals surface area (Å²) in [5.74, 6) is -0.624. The molecule has 0 fully saturated rings. The minimum atomic E-state index is -4.48. The standard InChI is InChI=1S/C28H50NO8P/c1-2-3-4-5-6-7-8-9-10-11-12-13-14-15-20-36-26-18-16-24(17-19-26)21-27(28(32)33)29-38(34,35)37-23-25(31)22-30/h16-19,25,27,30-31H,2-15,20-23H2,1H3,(H,32,33)(H2,29,34,35)/t25-,27+/m1/s1. The van der Waals surface area contributed by atoms with Crippen LogP contribution in [0, 0.1) is 0 Å². The lowest BCUT2D eigenvalue weighted by molar-refractivity contribution is -0.139. The normalized spacial score (nSPS) is 14.6. The van der Waals surface area contributed by atoms with Gasteiger partial charge < -0.3 is 24.9 Å². The zero-order valence-electron chi connectivity index (χ0n) is 23.1. The van der Waals surface area contributed by atoms with Gasteiger partial charge in [0.1, 0.15) is 17.9 Å². The molecular formula is C28H50NO8P. The van der Waals surface area contributed by atoms with Gasteiger partial charge in [-0.1, -0.05) is 103 Å². The van der Waals surface area contributed by atoms with Crippen molar-refractivity contribution in [2.75, 3.05) is 19.8 Å². The molecule has 0 aliphatic heterocycles. The average molecular weight is 560 g/mol. The van der Waals surface area contributed by atoms with Gasteiger partial charge in [-0.2, -0.15) is 0 Å². The first kappa shape index (κ1) is 34.5. The zero-order valence-corrected chi connectivity index (χ0v) is 24.0. The summed E-state index contributed by atoms with van der Waals surface area (Å²) in [7, 11) is -4.48. The second kappa shape index (κ2) is 21.4. The number of rotatable bonds is 25. The van der Waals surface area contributed by atoms with Crippen LogP contribution in [0.5, 0.6) is 5.75 Å². The summed E-state index contributed by atoms with van der Waals surface area (Å²) >= 11 is 0. The molecule has 0 aromatic heterocycles. The van der Waals surface area contributed by atoms with Crippen molar-refractivity contribution in [2.24, 2.45) is 0 Å². The fraction of sp³-hybridized carbons (Fsp3) is 0.750. The van der Waals surface area contributed by atoms with E-state index in [1.165, 1.54) is 77.0 Å². The van der Waals surface area contributed by atoms with Crippen molar-refractivity contribution in [3.05, 3.63) is 29.8 Å². The van der Waals surface area contributed by atoms with Crippen molar-refractivity contribution in [1.82, 2.24) is 5.09 Å². The molecule has 0 saturated carbocycles. The Kier molecular flexibility index (Phi) is 19.4. The average Bonchev–Trinajstić information content (AvgIpc) is 2.89. The van der Waals surface area contributed by atoms with Gasteiger partial charge in [0.25, 0.3) is 0 Å². The summed E-state index contributed by atoms with van der Waals surface area (Å²) in [6.45, 7) is 1.64. The highest BCUT2D eigenvalue weighted by Crippen LogP contribution is 2.38. The molecule has 0 radical (unpaired) electrons. The largest absolute Gasteiger partial charge is 0.494 e. The first-order valence-electron chi connectivity index (χ1n) is 14.3. The Morgan fingerprint density at radius 1 is 0.895 bits per heavy atom. The van der Waals surface area contributed by atoms with Gasteiger partial charge in [-0.15, -0.1) is 0 Å². The smallest absolute Gasteiger partial charge is 0.403 e. The Bertz CT molecular complexity index is 777. The third-order valence-electron chi connectivity index (χ3n) is 6.40. The number of hydrogen-bond acceptors (Lipinski definition) is 6. The molecule has 0 aliphatic carbocycles. The topological polar surface area (TPSA) is 146 Å². The van der Waals surface area contributed by atoms with E-state index in [4.69, 9.17) is 9.84 Å². The molecule has 1 unspecified atom stereocenters. The van der Waals surface area contributed by atoms with E-state index >= 15 is 0 Å². The van der Waals surface area contributed by atoms with Crippen LogP contribution in [0.3, 0.4) is 0 Å². The number of carbonyl (C=O) groups is 1. The number of hydrogen-bond donors (Lipinski definition) is 5. The van der Waals surface area contributed by atoms with Gasteiger partial charge in [-0.25, -0.2) is 9.65 Å². The summed E-state index contributed by atoms with van der Waals surface area (Å²) in [6, 6.07) is 5.57. The molecule has 10 heteroatoms. The lowest BCUT2D eigenvalue weighted by Gasteiger charge is -2.20. The van der Waals surface area contributed by atoms with Crippen LogP contribution in [0.15, 0.2) is 24.3 Å². The van der Waals surface area contributed by atoms with Gasteiger partial charge in [0.2, 0.25) is 0 Å². The number of aliphatic hydroxyl groups excluding tert-OH is 2. The molecule has 1 aromatic rings. The van der Waals surface area contributed by atoms with Crippen molar-refractivity contribution in [2.45, 2.75) is 115 Å². The number of unbranched alkanes of at least 4 members (excludes halogenated alkanes) is 13. The Morgan fingerprint density at radius 2 is 1.39 bits per heavy atom. The Balaban J connectivity index is 2.17. The van der Waals surface area contributed by atoms with E-state index in [1.807, 2.05) is 0 Å². The molecule has 5 N–H and O–H groups in total. The highest BCUT2D eigenvalue weighted by molar-refractivity contribution is 7.50. The van der Waals surface area contributed by atoms with E-state index in [9.17, 15) is 24.5 Å². The van der Waals surface area contributed by atoms with Gasteiger partial charge >= 0.3 is 13.7 Å².